The molecule has 1 aromatic carbocycles. The Bertz CT molecular complexity index is 500. The minimum atomic E-state index is -4.35. The van der Waals surface area contributed by atoms with E-state index in [-0.39, 0.29) is 12.1 Å². The molecule has 1 rings (SSSR count). The Morgan fingerprint density at radius 2 is 1.86 bits per heavy atom. The molecule has 21 heavy (non-hydrogen) atoms. The maximum atomic E-state index is 13.9. The zero-order valence-corrected chi connectivity index (χ0v) is 12.2. The molecule has 0 saturated carbocycles. The Balaban J connectivity index is 2.90. The summed E-state index contributed by atoms with van der Waals surface area (Å²) in [7, 11) is 3.44. The average molecular weight is 306 g/mol. The predicted molar refractivity (Wildman–Crippen MR) is 73.0 cm³/mol. The van der Waals surface area contributed by atoms with Gasteiger partial charge >= 0.3 is 6.18 Å². The van der Waals surface area contributed by atoms with Crippen LogP contribution in [0.25, 0.3) is 0 Å². The summed E-state index contributed by atoms with van der Waals surface area (Å²) in [5.41, 5.74) is 0.354. The highest BCUT2D eigenvalue weighted by atomic mass is 19.4. The van der Waals surface area contributed by atoms with E-state index in [0.717, 1.165) is 4.90 Å². The van der Waals surface area contributed by atoms with Crippen LogP contribution in [0.4, 0.5) is 23.2 Å². The molecule has 0 aromatic heterocycles. The summed E-state index contributed by atoms with van der Waals surface area (Å²) < 4.78 is 50.6. The van der Waals surface area contributed by atoms with Crippen LogP contribution in [0, 0.1) is 5.82 Å². The maximum Gasteiger partial charge on any atom is 0.390 e. The van der Waals surface area contributed by atoms with E-state index in [0.29, 0.717) is 5.69 Å². The van der Waals surface area contributed by atoms with Gasteiger partial charge in [0.1, 0.15) is 5.82 Å². The first-order valence-corrected chi connectivity index (χ1v) is 6.48. The van der Waals surface area contributed by atoms with Crippen LogP contribution in [0.2, 0.25) is 0 Å². The smallest absolute Gasteiger partial charge is 0.378 e. The van der Waals surface area contributed by atoms with Crippen molar-refractivity contribution in [2.45, 2.75) is 19.5 Å². The van der Waals surface area contributed by atoms with Gasteiger partial charge < -0.3 is 9.80 Å². The molecule has 0 unspecified atom stereocenters. The monoisotopic (exact) mass is 306 g/mol. The molecule has 0 bridgehead atoms. The first-order chi connectivity index (χ1) is 9.65. The molecule has 1 aromatic rings. The SMILES string of the molecule is CCN(CCC(F)(F)F)C(=O)c1ccc(N(C)C)cc1F. The van der Waals surface area contributed by atoms with Crippen molar-refractivity contribution in [1.82, 2.24) is 4.90 Å². The number of carbonyl (C=O) groups excluding carboxylic acids is 1. The van der Waals surface area contributed by atoms with Gasteiger partial charge in [-0.15, -0.1) is 0 Å². The van der Waals surface area contributed by atoms with Crippen LogP contribution in [0.3, 0.4) is 0 Å². The van der Waals surface area contributed by atoms with E-state index in [9.17, 15) is 22.4 Å². The van der Waals surface area contributed by atoms with Crippen LogP contribution in [-0.2, 0) is 0 Å². The Kier molecular flexibility index (Phi) is 5.57. The lowest BCUT2D eigenvalue weighted by atomic mass is 10.1. The fourth-order valence-corrected chi connectivity index (χ4v) is 1.79. The van der Waals surface area contributed by atoms with Crippen molar-refractivity contribution >= 4 is 11.6 Å². The van der Waals surface area contributed by atoms with Crippen molar-refractivity contribution in [3.05, 3.63) is 29.6 Å². The second kappa shape index (κ2) is 6.78. The summed E-state index contributed by atoms with van der Waals surface area (Å²) in [4.78, 5) is 14.8. The number of alkyl halides is 3. The first kappa shape index (κ1) is 17.3. The Hall–Kier alpha value is -1.79. The van der Waals surface area contributed by atoms with Gasteiger partial charge in [-0.1, -0.05) is 0 Å². The molecule has 0 spiro atoms. The summed E-state index contributed by atoms with van der Waals surface area (Å²) in [6, 6.07) is 4.03. The summed E-state index contributed by atoms with van der Waals surface area (Å²) >= 11 is 0. The molecule has 0 atom stereocenters. The zero-order chi connectivity index (χ0) is 16.2. The molecule has 0 saturated heterocycles. The molecule has 1 amide bonds. The van der Waals surface area contributed by atoms with Crippen molar-refractivity contribution in [1.29, 1.82) is 0 Å². The predicted octanol–water partition coefficient (Wildman–Crippen LogP) is 3.31. The minimum absolute atomic E-state index is 0.0871. The number of nitrogens with zero attached hydrogens (tertiary/aromatic N) is 2. The molecule has 0 N–H and O–H groups in total. The van der Waals surface area contributed by atoms with Gasteiger partial charge in [0.15, 0.2) is 0 Å². The van der Waals surface area contributed by atoms with Gasteiger partial charge in [0, 0.05) is 32.9 Å². The van der Waals surface area contributed by atoms with Gasteiger partial charge in [0.05, 0.1) is 12.0 Å². The topological polar surface area (TPSA) is 23.6 Å². The van der Waals surface area contributed by atoms with E-state index in [1.807, 2.05) is 0 Å². The summed E-state index contributed by atoms with van der Waals surface area (Å²) in [6.07, 6.45) is -5.45. The number of hydrogen-bond donors (Lipinski definition) is 0. The van der Waals surface area contributed by atoms with Crippen LogP contribution in [0.5, 0.6) is 0 Å². The Labute approximate surface area is 121 Å². The number of benzene rings is 1. The van der Waals surface area contributed by atoms with Crippen LogP contribution in [0.1, 0.15) is 23.7 Å². The van der Waals surface area contributed by atoms with Gasteiger partial charge in [-0.3, -0.25) is 4.79 Å². The third-order valence-corrected chi connectivity index (χ3v) is 3.03. The highest BCUT2D eigenvalue weighted by Gasteiger charge is 2.29. The maximum absolute atomic E-state index is 13.9. The number of rotatable bonds is 5. The van der Waals surface area contributed by atoms with E-state index in [2.05, 4.69) is 0 Å². The van der Waals surface area contributed by atoms with Gasteiger partial charge in [-0.2, -0.15) is 13.2 Å². The second-order valence-corrected chi connectivity index (χ2v) is 4.81. The molecule has 0 heterocycles. The normalized spacial score (nSPS) is 11.4. The first-order valence-electron chi connectivity index (χ1n) is 6.48. The molecule has 0 fully saturated rings. The molecule has 0 radical (unpaired) electrons. The average Bonchev–Trinajstić information content (AvgIpc) is 2.37. The summed E-state index contributed by atoms with van der Waals surface area (Å²) in [6.45, 7) is 1.16. The van der Waals surface area contributed by atoms with Crippen molar-refractivity contribution in [2.75, 3.05) is 32.1 Å². The van der Waals surface area contributed by atoms with E-state index in [4.69, 9.17) is 0 Å². The molecule has 118 valence electrons. The molecule has 0 aliphatic heterocycles. The fraction of sp³-hybridized carbons (Fsp3) is 0.500. The molecule has 3 nitrogen and oxygen atoms in total. The standard InChI is InChI=1S/C14H18F4N2O/c1-4-20(8-7-14(16,17)18)13(21)11-6-5-10(19(2)3)9-12(11)15/h5-6,9H,4,7-8H2,1-3H3. The van der Waals surface area contributed by atoms with Gasteiger partial charge in [0.25, 0.3) is 5.91 Å². The van der Waals surface area contributed by atoms with Crippen molar-refractivity contribution in [3.63, 3.8) is 0 Å². The summed E-state index contributed by atoms with van der Waals surface area (Å²) in [5, 5.41) is 0. The lowest BCUT2D eigenvalue weighted by molar-refractivity contribution is -0.136. The van der Waals surface area contributed by atoms with E-state index in [1.54, 1.807) is 32.0 Å². The number of hydrogen-bond acceptors (Lipinski definition) is 2. The second-order valence-electron chi connectivity index (χ2n) is 4.81. The van der Waals surface area contributed by atoms with E-state index < -0.39 is 30.9 Å². The number of amides is 1. The lowest BCUT2D eigenvalue weighted by Crippen LogP contribution is -2.34. The van der Waals surface area contributed by atoms with Crippen molar-refractivity contribution in [3.8, 4) is 0 Å². The third kappa shape index (κ3) is 4.91. The largest absolute Gasteiger partial charge is 0.390 e. The Morgan fingerprint density at radius 1 is 1.24 bits per heavy atom. The lowest BCUT2D eigenvalue weighted by Gasteiger charge is -2.22. The number of anilines is 1. The molecular formula is C14H18F4N2O. The Morgan fingerprint density at radius 3 is 2.29 bits per heavy atom. The molecule has 0 aliphatic carbocycles. The number of carbonyl (C=O) groups is 1. The molecule has 7 heteroatoms. The zero-order valence-electron chi connectivity index (χ0n) is 12.2. The van der Waals surface area contributed by atoms with E-state index >= 15 is 0 Å². The quantitative estimate of drug-likeness (QED) is 0.779. The van der Waals surface area contributed by atoms with Crippen LogP contribution < -0.4 is 4.90 Å². The van der Waals surface area contributed by atoms with Crippen molar-refractivity contribution in [2.24, 2.45) is 0 Å². The third-order valence-electron chi connectivity index (χ3n) is 3.03. The van der Waals surface area contributed by atoms with Gasteiger partial charge in [0.2, 0.25) is 0 Å². The van der Waals surface area contributed by atoms with Crippen LogP contribution in [-0.4, -0.2) is 44.2 Å². The minimum Gasteiger partial charge on any atom is -0.378 e. The highest BCUT2D eigenvalue weighted by molar-refractivity contribution is 5.94. The van der Waals surface area contributed by atoms with Gasteiger partial charge in [-0.05, 0) is 25.1 Å². The fourth-order valence-electron chi connectivity index (χ4n) is 1.79. The summed E-state index contributed by atoms with van der Waals surface area (Å²) in [5.74, 6) is -1.47. The van der Waals surface area contributed by atoms with Crippen LogP contribution in [0.15, 0.2) is 18.2 Å². The van der Waals surface area contributed by atoms with Crippen molar-refractivity contribution < 1.29 is 22.4 Å². The molecular weight excluding hydrogens is 288 g/mol. The van der Waals surface area contributed by atoms with Gasteiger partial charge in [-0.25, -0.2) is 4.39 Å². The highest BCUT2D eigenvalue weighted by Crippen LogP contribution is 2.22. The number of halogens is 4. The van der Waals surface area contributed by atoms with Crippen LogP contribution >= 0.6 is 0 Å². The van der Waals surface area contributed by atoms with E-state index in [1.165, 1.54) is 12.1 Å². The molecule has 0 aliphatic rings.